The van der Waals surface area contributed by atoms with Crippen molar-refractivity contribution in [2.24, 2.45) is 0 Å². The number of hydrogen-bond acceptors (Lipinski definition) is 2. The van der Waals surface area contributed by atoms with Crippen molar-refractivity contribution in [3.63, 3.8) is 0 Å². The lowest BCUT2D eigenvalue weighted by Gasteiger charge is -1.98. The van der Waals surface area contributed by atoms with Gasteiger partial charge in [0.1, 0.15) is 0 Å². The van der Waals surface area contributed by atoms with E-state index >= 15 is 0 Å². The Kier molecular flexibility index (Phi) is 2.06. The van der Waals surface area contributed by atoms with Crippen LogP contribution in [0.3, 0.4) is 0 Å². The number of rotatable bonds is 2. The number of nitrogens with one attached hydrogen (secondary N) is 1. The molecule has 0 saturated carbocycles. The highest BCUT2D eigenvalue weighted by Crippen LogP contribution is 1.94. The van der Waals surface area contributed by atoms with Crippen molar-refractivity contribution < 1.29 is 0 Å². The molecular formula is C7H10N2S. The molecule has 0 atom stereocenters. The molecule has 0 saturated heterocycles. The topological polar surface area (TPSA) is 28.8 Å². The molecule has 0 aliphatic carbocycles. The average Bonchev–Trinajstić information content (AvgIpc) is 2.15. The molecule has 0 unspecified atom stereocenters. The predicted octanol–water partition coefficient (Wildman–Crippen LogP) is 1.61. The van der Waals surface area contributed by atoms with E-state index in [0.29, 0.717) is 4.80 Å². The van der Waals surface area contributed by atoms with Gasteiger partial charge in [-0.2, -0.15) is 0 Å². The Bertz CT molecular complexity index is 282. The summed E-state index contributed by atoms with van der Waals surface area (Å²) in [5, 5.41) is 9.29. The Morgan fingerprint density at radius 1 is 1.90 bits per heavy atom. The van der Waals surface area contributed by atoms with E-state index in [2.05, 4.69) is 6.58 Å². The van der Waals surface area contributed by atoms with E-state index in [1.807, 2.05) is 23.1 Å². The highest BCUT2D eigenvalue weighted by molar-refractivity contribution is 7.06. The van der Waals surface area contributed by atoms with Crippen molar-refractivity contribution in [3.05, 3.63) is 28.5 Å². The molecule has 2 nitrogen and oxygen atoms in total. The normalized spacial score (nSPS) is 9.70. The third-order valence-electron chi connectivity index (χ3n) is 1.12. The maximum absolute atomic E-state index is 7.38. The van der Waals surface area contributed by atoms with Gasteiger partial charge in [0.2, 0.25) is 0 Å². The van der Waals surface area contributed by atoms with Crippen LogP contribution in [0.25, 0.3) is 0 Å². The molecule has 0 aromatic carbocycles. The van der Waals surface area contributed by atoms with E-state index in [0.717, 1.165) is 12.1 Å². The molecule has 1 aromatic rings. The zero-order chi connectivity index (χ0) is 7.56. The van der Waals surface area contributed by atoms with Crippen LogP contribution in [-0.4, -0.2) is 4.57 Å². The number of thiazole rings is 1. The second-order valence-corrected chi connectivity index (χ2v) is 3.19. The van der Waals surface area contributed by atoms with E-state index in [1.54, 1.807) is 0 Å². The summed E-state index contributed by atoms with van der Waals surface area (Å²) in [7, 11) is 0. The number of hydrogen-bond donors (Lipinski definition) is 1. The third-order valence-corrected chi connectivity index (χ3v) is 1.84. The Morgan fingerprint density at radius 3 is 3.00 bits per heavy atom. The van der Waals surface area contributed by atoms with Crippen LogP contribution in [0.2, 0.25) is 0 Å². The Morgan fingerprint density at radius 2 is 2.60 bits per heavy atom. The summed E-state index contributed by atoms with van der Waals surface area (Å²) in [6.45, 7) is 6.50. The second-order valence-electron chi connectivity index (χ2n) is 2.29. The summed E-state index contributed by atoms with van der Waals surface area (Å²) in [4.78, 5) is 0.586. The highest BCUT2D eigenvalue weighted by atomic mass is 32.1. The van der Waals surface area contributed by atoms with Gasteiger partial charge in [-0.3, -0.25) is 5.41 Å². The quantitative estimate of drug-likeness (QED) is 0.627. The van der Waals surface area contributed by atoms with Crippen molar-refractivity contribution in [2.75, 3.05) is 0 Å². The summed E-state index contributed by atoms with van der Waals surface area (Å²) >= 11 is 1.43. The van der Waals surface area contributed by atoms with Gasteiger partial charge in [-0.25, -0.2) is 0 Å². The van der Waals surface area contributed by atoms with E-state index in [4.69, 9.17) is 5.41 Å². The molecule has 10 heavy (non-hydrogen) atoms. The van der Waals surface area contributed by atoms with E-state index in [-0.39, 0.29) is 0 Å². The van der Waals surface area contributed by atoms with Gasteiger partial charge in [-0.05, 0) is 6.92 Å². The minimum absolute atomic E-state index is 0.586. The van der Waals surface area contributed by atoms with E-state index in [1.165, 1.54) is 11.3 Å². The fourth-order valence-electron chi connectivity index (χ4n) is 0.719. The highest BCUT2D eigenvalue weighted by Gasteiger charge is 1.91. The Labute approximate surface area is 64.0 Å². The molecule has 3 heteroatoms. The Balaban J connectivity index is 2.85. The fraction of sp³-hybridized carbons (Fsp3) is 0.286. The number of aromatic nitrogens is 1. The molecule has 1 rings (SSSR count). The maximum atomic E-state index is 7.38. The summed E-state index contributed by atoms with van der Waals surface area (Å²) in [6.07, 6.45) is 1.90. The SMILES string of the molecule is C=C(C)Cn1ccsc1=N. The molecule has 0 aliphatic rings. The van der Waals surface area contributed by atoms with Gasteiger partial charge >= 0.3 is 0 Å². The van der Waals surface area contributed by atoms with Crippen LogP contribution in [0.4, 0.5) is 0 Å². The van der Waals surface area contributed by atoms with Gasteiger partial charge in [0.05, 0.1) is 0 Å². The van der Waals surface area contributed by atoms with Crippen LogP contribution < -0.4 is 4.80 Å². The molecule has 0 spiro atoms. The zero-order valence-electron chi connectivity index (χ0n) is 5.92. The number of nitrogens with zero attached hydrogens (tertiary/aromatic N) is 1. The minimum Gasteiger partial charge on any atom is -0.320 e. The van der Waals surface area contributed by atoms with Crippen LogP contribution in [0, 0.1) is 5.41 Å². The minimum atomic E-state index is 0.586. The smallest absolute Gasteiger partial charge is 0.182 e. The van der Waals surface area contributed by atoms with Crippen molar-refractivity contribution in [1.82, 2.24) is 4.57 Å². The van der Waals surface area contributed by atoms with Crippen molar-refractivity contribution in [3.8, 4) is 0 Å². The van der Waals surface area contributed by atoms with Gasteiger partial charge in [0.15, 0.2) is 4.80 Å². The molecule has 1 aromatic heterocycles. The maximum Gasteiger partial charge on any atom is 0.182 e. The molecule has 0 aliphatic heterocycles. The van der Waals surface area contributed by atoms with Crippen molar-refractivity contribution >= 4 is 11.3 Å². The standard InChI is InChI=1S/C7H10N2S/c1-6(2)5-9-3-4-10-7(9)8/h3-4,8H,1,5H2,2H3. The molecule has 0 amide bonds. The monoisotopic (exact) mass is 154 g/mol. The number of allylic oxidation sites excluding steroid dienone is 1. The first kappa shape index (κ1) is 7.28. The van der Waals surface area contributed by atoms with Crippen LogP contribution >= 0.6 is 11.3 Å². The predicted molar refractivity (Wildman–Crippen MR) is 43.0 cm³/mol. The molecular weight excluding hydrogens is 144 g/mol. The van der Waals surface area contributed by atoms with Gasteiger partial charge in [0, 0.05) is 18.1 Å². The Hall–Kier alpha value is -0.830. The average molecular weight is 154 g/mol. The largest absolute Gasteiger partial charge is 0.320 e. The van der Waals surface area contributed by atoms with Gasteiger partial charge in [-0.1, -0.05) is 12.2 Å². The molecule has 0 fully saturated rings. The molecule has 1 heterocycles. The van der Waals surface area contributed by atoms with E-state index in [9.17, 15) is 0 Å². The van der Waals surface area contributed by atoms with Crippen molar-refractivity contribution in [1.29, 1.82) is 5.41 Å². The first-order valence-electron chi connectivity index (χ1n) is 3.03. The van der Waals surface area contributed by atoms with Crippen molar-refractivity contribution in [2.45, 2.75) is 13.5 Å². The summed E-state index contributed by atoms with van der Waals surface area (Å²) in [5.41, 5.74) is 1.08. The zero-order valence-corrected chi connectivity index (χ0v) is 6.74. The lowest BCUT2D eigenvalue weighted by molar-refractivity contribution is 0.749. The van der Waals surface area contributed by atoms with Crippen LogP contribution in [0.15, 0.2) is 23.7 Å². The molecule has 0 radical (unpaired) electrons. The van der Waals surface area contributed by atoms with Gasteiger partial charge in [0.25, 0.3) is 0 Å². The molecule has 54 valence electrons. The van der Waals surface area contributed by atoms with Crippen LogP contribution in [-0.2, 0) is 6.54 Å². The van der Waals surface area contributed by atoms with Gasteiger partial charge < -0.3 is 4.57 Å². The lowest BCUT2D eigenvalue weighted by Crippen LogP contribution is -2.12. The summed E-state index contributed by atoms with van der Waals surface area (Å²) in [5.74, 6) is 0. The van der Waals surface area contributed by atoms with Crippen LogP contribution in [0.5, 0.6) is 0 Å². The van der Waals surface area contributed by atoms with Crippen LogP contribution in [0.1, 0.15) is 6.92 Å². The second kappa shape index (κ2) is 2.84. The summed E-state index contributed by atoms with van der Waals surface area (Å²) in [6, 6.07) is 0. The summed E-state index contributed by atoms with van der Waals surface area (Å²) < 4.78 is 1.87. The first-order chi connectivity index (χ1) is 4.70. The molecule has 1 N–H and O–H groups in total. The lowest BCUT2D eigenvalue weighted by atomic mass is 10.3. The third kappa shape index (κ3) is 1.57. The van der Waals surface area contributed by atoms with Gasteiger partial charge in [-0.15, -0.1) is 11.3 Å². The first-order valence-corrected chi connectivity index (χ1v) is 3.91. The van der Waals surface area contributed by atoms with E-state index < -0.39 is 0 Å². The molecule has 0 bridgehead atoms. The fourth-order valence-corrected chi connectivity index (χ4v) is 1.32.